The molecule has 0 atom stereocenters. The summed E-state index contributed by atoms with van der Waals surface area (Å²) in [6.45, 7) is 2.68. The zero-order chi connectivity index (χ0) is 16.5. The highest BCUT2D eigenvalue weighted by atomic mass is 35.5. The summed E-state index contributed by atoms with van der Waals surface area (Å²) in [5.41, 5.74) is 0. The van der Waals surface area contributed by atoms with Crippen LogP contribution in [0.5, 0.6) is 5.75 Å². The highest BCUT2D eigenvalue weighted by Crippen LogP contribution is 2.35. The molecular formula is C13H16Cl2N2O4S. The Labute approximate surface area is 139 Å². The number of carbonyl (C=O) groups excluding carboxylic acids is 1. The van der Waals surface area contributed by atoms with E-state index in [1.165, 1.54) is 23.4 Å². The highest BCUT2D eigenvalue weighted by molar-refractivity contribution is 7.89. The number of hydrogen-bond acceptors (Lipinski definition) is 4. The summed E-state index contributed by atoms with van der Waals surface area (Å²) in [5.74, 6) is -0.605. The molecule has 1 aromatic carbocycles. The van der Waals surface area contributed by atoms with Crippen LogP contribution in [0.25, 0.3) is 0 Å². The number of phenolic OH excluding ortho intramolecular Hbond substituents is 1. The van der Waals surface area contributed by atoms with Crippen molar-refractivity contribution in [2.75, 3.05) is 26.2 Å². The minimum Gasteiger partial charge on any atom is -0.505 e. The van der Waals surface area contributed by atoms with Gasteiger partial charge in [-0.2, -0.15) is 4.31 Å². The fourth-order valence-electron chi connectivity index (χ4n) is 2.33. The average molecular weight is 367 g/mol. The number of benzene rings is 1. The maximum absolute atomic E-state index is 12.7. The predicted octanol–water partition coefficient (Wildman–Crippen LogP) is 1.94. The van der Waals surface area contributed by atoms with Gasteiger partial charge in [-0.05, 0) is 18.6 Å². The van der Waals surface area contributed by atoms with Gasteiger partial charge in [0.05, 0.1) is 5.02 Å². The van der Waals surface area contributed by atoms with Crippen LogP contribution in [-0.2, 0) is 14.8 Å². The number of aromatic hydroxyl groups is 1. The SMILES string of the molecule is CC(=O)N1CCCN(S(=O)(=O)c2cc(Cl)cc(Cl)c2O)CC1. The lowest BCUT2D eigenvalue weighted by molar-refractivity contribution is -0.128. The van der Waals surface area contributed by atoms with Gasteiger partial charge >= 0.3 is 0 Å². The molecule has 1 aliphatic rings. The van der Waals surface area contributed by atoms with Crippen molar-refractivity contribution in [2.24, 2.45) is 0 Å². The van der Waals surface area contributed by atoms with Crippen molar-refractivity contribution < 1.29 is 18.3 Å². The molecule has 22 heavy (non-hydrogen) atoms. The number of rotatable bonds is 2. The zero-order valence-corrected chi connectivity index (χ0v) is 14.2. The molecule has 2 rings (SSSR count). The number of phenols is 1. The van der Waals surface area contributed by atoms with Crippen molar-refractivity contribution in [1.29, 1.82) is 0 Å². The van der Waals surface area contributed by atoms with Gasteiger partial charge in [0.2, 0.25) is 15.9 Å². The summed E-state index contributed by atoms with van der Waals surface area (Å²) >= 11 is 11.6. The lowest BCUT2D eigenvalue weighted by Crippen LogP contribution is -2.36. The zero-order valence-electron chi connectivity index (χ0n) is 11.9. The number of nitrogens with zero attached hydrogens (tertiary/aromatic N) is 2. The Kier molecular flexibility index (Phi) is 5.21. The first kappa shape index (κ1) is 17.3. The van der Waals surface area contributed by atoms with E-state index < -0.39 is 15.8 Å². The van der Waals surface area contributed by atoms with E-state index in [1.807, 2.05) is 0 Å². The van der Waals surface area contributed by atoms with Gasteiger partial charge in [-0.1, -0.05) is 23.2 Å². The number of carbonyl (C=O) groups is 1. The van der Waals surface area contributed by atoms with Crippen molar-refractivity contribution in [1.82, 2.24) is 9.21 Å². The van der Waals surface area contributed by atoms with Gasteiger partial charge in [0.15, 0.2) is 5.75 Å². The van der Waals surface area contributed by atoms with Crippen LogP contribution in [-0.4, -0.2) is 54.8 Å². The van der Waals surface area contributed by atoms with Crippen LogP contribution >= 0.6 is 23.2 Å². The summed E-state index contributed by atoms with van der Waals surface area (Å²) in [7, 11) is -3.93. The smallest absolute Gasteiger partial charge is 0.246 e. The van der Waals surface area contributed by atoms with E-state index in [0.717, 1.165) is 0 Å². The minimum atomic E-state index is -3.93. The van der Waals surface area contributed by atoms with E-state index in [0.29, 0.717) is 19.5 Å². The Morgan fingerprint density at radius 3 is 2.50 bits per heavy atom. The molecule has 122 valence electrons. The molecule has 9 heteroatoms. The number of hydrogen-bond donors (Lipinski definition) is 1. The molecular weight excluding hydrogens is 351 g/mol. The Bertz CT molecular complexity index is 694. The fourth-order valence-corrected chi connectivity index (χ4v) is 4.54. The summed E-state index contributed by atoms with van der Waals surface area (Å²) in [5, 5.41) is 9.95. The summed E-state index contributed by atoms with van der Waals surface area (Å²) in [6.07, 6.45) is 0.522. The Hall–Kier alpha value is -1.02. The van der Waals surface area contributed by atoms with Crippen LogP contribution in [0, 0.1) is 0 Å². The maximum atomic E-state index is 12.7. The molecule has 1 heterocycles. The summed E-state index contributed by atoms with van der Waals surface area (Å²) in [6, 6.07) is 2.45. The van der Waals surface area contributed by atoms with Crippen molar-refractivity contribution in [3.05, 3.63) is 22.2 Å². The molecule has 1 aliphatic heterocycles. The first-order chi connectivity index (χ1) is 10.2. The summed E-state index contributed by atoms with van der Waals surface area (Å²) in [4.78, 5) is 12.7. The van der Waals surface area contributed by atoms with E-state index in [1.54, 1.807) is 4.90 Å². The molecule has 0 bridgehead atoms. The van der Waals surface area contributed by atoms with Crippen molar-refractivity contribution in [3.63, 3.8) is 0 Å². The third-order valence-corrected chi connectivity index (χ3v) is 5.93. The third-order valence-electron chi connectivity index (χ3n) is 3.51. The first-order valence-electron chi connectivity index (χ1n) is 6.67. The normalized spacial score (nSPS) is 17.3. The molecule has 1 amide bonds. The van der Waals surface area contributed by atoms with Crippen molar-refractivity contribution >= 4 is 39.1 Å². The topological polar surface area (TPSA) is 77.9 Å². The number of sulfonamides is 1. The second-order valence-corrected chi connectivity index (χ2v) is 7.75. The van der Waals surface area contributed by atoms with E-state index in [4.69, 9.17) is 23.2 Å². The second-order valence-electron chi connectivity index (χ2n) is 5.00. The summed E-state index contributed by atoms with van der Waals surface area (Å²) < 4.78 is 26.6. The van der Waals surface area contributed by atoms with Gasteiger partial charge in [0, 0.05) is 38.1 Å². The Morgan fingerprint density at radius 2 is 1.86 bits per heavy atom. The van der Waals surface area contributed by atoms with Crippen LogP contribution in [0.4, 0.5) is 0 Å². The van der Waals surface area contributed by atoms with E-state index in [-0.39, 0.29) is 33.9 Å². The van der Waals surface area contributed by atoms with Crippen molar-refractivity contribution in [2.45, 2.75) is 18.2 Å². The lowest BCUT2D eigenvalue weighted by atomic mass is 10.3. The number of amides is 1. The molecule has 0 aliphatic carbocycles. The first-order valence-corrected chi connectivity index (χ1v) is 8.86. The van der Waals surface area contributed by atoms with Crippen LogP contribution in [0.1, 0.15) is 13.3 Å². The maximum Gasteiger partial charge on any atom is 0.246 e. The Balaban J connectivity index is 2.33. The number of halogens is 2. The molecule has 0 radical (unpaired) electrons. The van der Waals surface area contributed by atoms with Gasteiger partial charge in [-0.25, -0.2) is 8.42 Å². The Morgan fingerprint density at radius 1 is 1.18 bits per heavy atom. The van der Waals surface area contributed by atoms with Gasteiger partial charge in [0.25, 0.3) is 0 Å². The molecule has 6 nitrogen and oxygen atoms in total. The van der Waals surface area contributed by atoms with Gasteiger partial charge < -0.3 is 10.0 Å². The van der Waals surface area contributed by atoms with Gasteiger partial charge in [-0.15, -0.1) is 0 Å². The van der Waals surface area contributed by atoms with Crippen molar-refractivity contribution in [3.8, 4) is 5.75 Å². The van der Waals surface area contributed by atoms with Crippen LogP contribution < -0.4 is 0 Å². The van der Waals surface area contributed by atoms with E-state index in [2.05, 4.69) is 0 Å². The monoisotopic (exact) mass is 366 g/mol. The van der Waals surface area contributed by atoms with E-state index in [9.17, 15) is 18.3 Å². The molecule has 1 aromatic rings. The van der Waals surface area contributed by atoms with E-state index >= 15 is 0 Å². The average Bonchev–Trinajstić information content (AvgIpc) is 2.69. The highest BCUT2D eigenvalue weighted by Gasteiger charge is 2.30. The molecule has 1 fully saturated rings. The predicted molar refractivity (Wildman–Crippen MR) is 83.8 cm³/mol. The second kappa shape index (κ2) is 6.62. The molecule has 1 saturated heterocycles. The van der Waals surface area contributed by atoms with Crippen LogP contribution in [0.15, 0.2) is 17.0 Å². The quantitative estimate of drug-likeness (QED) is 0.867. The minimum absolute atomic E-state index is 0.0899. The lowest BCUT2D eigenvalue weighted by Gasteiger charge is -2.21. The van der Waals surface area contributed by atoms with Crippen LogP contribution in [0.3, 0.4) is 0 Å². The largest absolute Gasteiger partial charge is 0.505 e. The van der Waals surface area contributed by atoms with Crippen LogP contribution in [0.2, 0.25) is 10.0 Å². The molecule has 0 aromatic heterocycles. The molecule has 1 N–H and O–H groups in total. The molecule has 0 saturated carbocycles. The van der Waals surface area contributed by atoms with Gasteiger partial charge in [0.1, 0.15) is 4.90 Å². The molecule has 0 spiro atoms. The third kappa shape index (κ3) is 3.48. The van der Waals surface area contributed by atoms with Gasteiger partial charge in [-0.3, -0.25) is 4.79 Å². The standard InChI is InChI=1S/C13H16Cl2N2O4S/c1-9(18)16-3-2-4-17(6-5-16)22(20,21)12-8-10(14)7-11(15)13(12)19/h7-8,19H,2-6H2,1H3. The fraction of sp³-hybridized carbons (Fsp3) is 0.462. The molecule has 0 unspecified atom stereocenters.